The van der Waals surface area contributed by atoms with E-state index in [9.17, 15) is 10.1 Å². The van der Waals surface area contributed by atoms with Gasteiger partial charge >= 0.3 is 6.01 Å². The maximum absolute atomic E-state index is 12.6. The average molecular weight is 608 g/mol. The summed E-state index contributed by atoms with van der Waals surface area (Å²) in [6.45, 7) is 7.86. The number of aromatic nitrogens is 3. The highest BCUT2D eigenvalue weighted by Gasteiger charge is 2.45. The fourth-order valence-electron chi connectivity index (χ4n) is 7.33. The van der Waals surface area contributed by atoms with Crippen molar-refractivity contribution in [3.63, 3.8) is 0 Å². The number of anilines is 1. The SMILES string of the molecule is C=CC(=O)N1CCN(c2nc(OCC34CCCN3CCC4)nc3nc(-c4cccc5cccc(Cl)c45)ccc23)C[C@@H]1CC#N. The molecule has 1 amide bonds. The molecule has 3 fully saturated rings. The summed E-state index contributed by atoms with van der Waals surface area (Å²) in [6.07, 6.45) is 6.12. The van der Waals surface area contributed by atoms with E-state index in [4.69, 9.17) is 31.3 Å². The molecule has 7 rings (SSSR count). The third-order valence-corrected chi connectivity index (χ3v) is 9.81. The largest absolute Gasteiger partial charge is 0.461 e. The molecule has 3 aliphatic heterocycles. The van der Waals surface area contributed by atoms with Gasteiger partial charge in [0.1, 0.15) is 12.4 Å². The Morgan fingerprint density at radius 3 is 2.64 bits per heavy atom. The van der Waals surface area contributed by atoms with Gasteiger partial charge in [-0.2, -0.15) is 15.2 Å². The molecule has 0 bridgehead atoms. The number of carbonyl (C=O) groups is 1. The summed E-state index contributed by atoms with van der Waals surface area (Å²) in [6, 6.07) is 18.2. The van der Waals surface area contributed by atoms with Crippen molar-refractivity contribution in [2.75, 3.05) is 44.2 Å². The van der Waals surface area contributed by atoms with E-state index in [-0.39, 0.29) is 23.9 Å². The van der Waals surface area contributed by atoms with Crippen LogP contribution in [-0.2, 0) is 4.79 Å². The van der Waals surface area contributed by atoms with E-state index in [0.717, 1.165) is 53.3 Å². The third-order valence-electron chi connectivity index (χ3n) is 9.50. The van der Waals surface area contributed by atoms with E-state index < -0.39 is 0 Å². The molecule has 2 aromatic heterocycles. The summed E-state index contributed by atoms with van der Waals surface area (Å²) in [5.74, 6) is 0.527. The van der Waals surface area contributed by atoms with Crippen molar-refractivity contribution in [3.8, 4) is 23.3 Å². The van der Waals surface area contributed by atoms with E-state index in [2.05, 4.69) is 22.4 Å². The van der Waals surface area contributed by atoms with E-state index >= 15 is 0 Å². The molecule has 4 aromatic rings. The first-order chi connectivity index (χ1) is 21.5. The molecule has 0 spiro atoms. The predicted molar refractivity (Wildman–Crippen MR) is 172 cm³/mol. The summed E-state index contributed by atoms with van der Waals surface area (Å²) in [4.78, 5) is 33.8. The summed E-state index contributed by atoms with van der Waals surface area (Å²) in [7, 11) is 0. The van der Waals surface area contributed by atoms with Gasteiger partial charge in [0.15, 0.2) is 5.65 Å². The fraction of sp³-hybridized carbons (Fsp3) is 0.382. The average Bonchev–Trinajstić information content (AvgIpc) is 3.63. The van der Waals surface area contributed by atoms with Crippen molar-refractivity contribution in [2.24, 2.45) is 0 Å². The van der Waals surface area contributed by atoms with Crippen molar-refractivity contribution >= 4 is 45.1 Å². The van der Waals surface area contributed by atoms with Crippen molar-refractivity contribution < 1.29 is 9.53 Å². The molecule has 0 unspecified atom stereocenters. The standard InChI is InChI=1S/C34H34ClN7O2/c1-2-29(43)42-20-19-40(21-24(42)13-16-36)32-26-11-12-28(25-9-3-7-23-8-4-10-27(35)30(23)25)37-31(26)38-33(39-32)44-22-34-14-5-17-41(34)18-6-15-34/h2-4,7-12,24H,1,5-6,13-15,17-22H2/t24-/m0/s1. The highest BCUT2D eigenvalue weighted by Crippen LogP contribution is 2.40. The summed E-state index contributed by atoms with van der Waals surface area (Å²) >= 11 is 6.67. The Bertz CT molecular complexity index is 1790. The highest BCUT2D eigenvalue weighted by molar-refractivity contribution is 6.36. The second-order valence-electron chi connectivity index (χ2n) is 11.9. The Hall–Kier alpha value is -4.26. The lowest BCUT2D eigenvalue weighted by molar-refractivity contribution is -0.128. The number of rotatable bonds is 7. The number of fused-ring (bicyclic) bond motifs is 3. The molecule has 0 saturated carbocycles. The molecule has 0 N–H and O–H groups in total. The predicted octanol–water partition coefficient (Wildman–Crippen LogP) is 5.62. The van der Waals surface area contributed by atoms with E-state index in [1.807, 2.05) is 48.5 Å². The normalized spacial score (nSPS) is 19.7. The van der Waals surface area contributed by atoms with Crippen LogP contribution in [0.5, 0.6) is 6.01 Å². The third kappa shape index (κ3) is 5.02. The van der Waals surface area contributed by atoms with Crippen molar-refractivity contribution in [1.82, 2.24) is 24.8 Å². The molecule has 0 radical (unpaired) electrons. The van der Waals surface area contributed by atoms with E-state index in [0.29, 0.717) is 48.7 Å². The zero-order chi connectivity index (χ0) is 30.3. The number of ether oxygens (including phenoxy) is 1. The van der Waals surface area contributed by atoms with Gasteiger partial charge in [-0.25, -0.2) is 4.98 Å². The topological polar surface area (TPSA) is 98.5 Å². The molecule has 5 heterocycles. The van der Waals surface area contributed by atoms with Gasteiger partial charge in [-0.15, -0.1) is 0 Å². The maximum Gasteiger partial charge on any atom is 0.320 e. The lowest BCUT2D eigenvalue weighted by Crippen LogP contribution is -2.55. The van der Waals surface area contributed by atoms with Crippen molar-refractivity contribution in [3.05, 3.63) is 66.2 Å². The Labute approximate surface area is 261 Å². The van der Waals surface area contributed by atoms with Crippen LogP contribution in [0.15, 0.2) is 61.2 Å². The quantitative estimate of drug-likeness (QED) is 0.250. The number of benzene rings is 2. The molecule has 0 aliphatic carbocycles. The smallest absolute Gasteiger partial charge is 0.320 e. The van der Waals surface area contributed by atoms with Crippen LogP contribution in [0.1, 0.15) is 32.1 Å². The van der Waals surface area contributed by atoms with Gasteiger partial charge in [-0.1, -0.05) is 48.5 Å². The fourth-order valence-corrected chi connectivity index (χ4v) is 7.62. The number of piperazine rings is 1. The lowest BCUT2D eigenvalue weighted by atomic mass is 9.95. The van der Waals surface area contributed by atoms with Crippen molar-refractivity contribution in [1.29, 1.82) is 5.26 Å². The Morgan fingerprint density at radius 2 is 1.86 bits per heavy atom. The molecule has 44 heavy (non-hydrogen) atoms. The number of pyridine rings is 1. The minimum atomic E-state index is -0.289. The highest BCUT2D eigenvalue weighted by atomic mass is 35.5. The van der Waals surface area contributed by atoms with Crippen LogP contribution in [-0.4, -0.2) is 81.6 Å². The molecular formula is C34H34ClN7O2. The maximum atomic E-state index is 12.6. The monoisotopic (exact) mass is 607 g/mol. The molecule has 10 heteroatoms. The van der Waals surface area contributed by atoms with Gasteiger partial charge in [-0.3, -0.25) is 9.69 Å². The number of nitriles is 1. The van der Waals surface area contributed by atoms with Crippen LogP contribution >= 0.6 is 11.6 Å². The Balaban J connectivity index is 1.30. The Kier molecular flexibility index (Phi) is 7.57. The number of nitrogens with zero attached hydrogens (tertiary/aromatic N) is 7. The van der Waals surface area contributed by atoms with Gasteiger partial charge in [0.05, 0.1) is 35.2 Å². The summed E-state index contributed by atoms with van der Waals surface area (Å²) in [5.41, 5.74) is 2.25. The zero-order valence-electron chi connectivity index (χ0n) is 24.6. The minimum absolute atomic E-state index is 0.0437. The number of hydrogen-bond donors (Lipinski definition) is 0. The van der Waals surface area contributed by atoms with Gasteiger partial charge in [-0.05, 0) is 68.4 Å². The first kappa shape index (κ1) is 28.5. The van der Waals surface area contributed by atoms with Crippen LogP contribution in [0.3, 0.4) is 0 Å². The number of hydrogen-bond acceptors (Lipinski definition) is 8. The van der Waals surface area contributed by atoms with Gasteiger partial charge in [0, 0.05) is 35.6 Å². The molecular weight excluding hydrogens is 574 g/mol. The van der Waals surface area contributed by atoms with Crippen molar-refractivity contribution in [2.45, 2.75) is 43.7 Å². The second kappa shape index (κ2) is 11.7. The number of carbonyl (C=O) groups excluding carboxylic acids is 1. The molecule has 3 saturated heterocycles. The molecule has 1 atom stereocenters. The Morgan fingerprint density at radius 1 is 1.07 bits per heavy atom. The van der Waals surface area contributed by atoms with Gasteiger partial charge in [0.25, 0.3) is 0 Å². The van der Waals surface area contributed by atoms with Crippen LogP contribution in [0.25, 0.3) is 33.1 Å². The van der Waals surface area contributed by atoms with Crippen LogP contribution < -0.4 is 9.64 Å². The molecule has 9 nitrogen and oxygen atoms in total. The molecule has 3 aliphatic rings. The summed E-state index contributed by atoms with van der Waals surface area (Å²) in [5, 5.41) is 13.0. The van der Waals surface area contributed by atoms with Crippen LogP contribution in [0.2, 0.25) is 5.02 Å². The van der Waals surface area contributed by atoms with Gasteiger partial charge in [0.2, 0.25) is 5.91 Å². The number of halogens is 1. The lowest BCUT2D eigenvalue weighted by Gasteiger charge is -2.41. The number of amides is 1. The molecule has 224 valence electrons. The first-order valence-corrected chi connectivity index (χ1v) is 15.7. The first-order valence-electron chi connectivity index (χ1n) is 15.3. The summed E-state index contributed by atoms with van der Waals surface area (Å²) < 4.78 is 6.44. The van der Waals surface area contributed by atoms with Gasteiger partial charge < -0.3 is 14.5 Å². The minimum Gasteiger partial charge on any atom is -0.461 e. The van der Waals surface area contributed by atoms with E-state index in [1.54, 1.807) is 4.90 Å². The second-order valence-corrected chi connectivity index (χ2v) is 12.4. The van der Waals surface area contributed by atoms with Crippen LogP contribution in [0.4, 0.5) is 5.82 Å². The van der Waals surface area contributed by atoms with E-state index in [1.165, 1.54) is 18.9 Å². The van der Waals surface area contributed by atoms with Crippen LogP contribution in [0, 0.1) is 11.3 Å². The molecule has 2 aromatic carbocycles. The zero-order valence-corrected chi connectivity index (χ0v) is 25.3.